The monoisotopic (exact) mass is 734 g/mol. The second kappa shape index (κ2) is 17.8. The maximum absolute atomic E-state index is 14.1. The number of rotatable bonds is 18. The lowest BCUT2D eigenvalue weighted by atomic mass is 9.99. The highest BCUT2D eigenvalue weighted by molar-refractivity contribution is 7.63. The van der Waals surface area contributed by atoms with Gasteiger partial charge >= 0.3 is 5.69 Å². The molecule has 0 aromatic carbocycles. The zero-order valence-electron chi connectivity index (χ0n) is 31.4. The summed E-state index contributed by atoms with van der Waals surface area (Å²) in [6.45, 7) is 33.9. The van der Waals surface area contributed by atoms with E-state index in [4.69, 9.17) is 34.3 Å². The van der Waals surface area contributed by atoms with E-state index in [0.717, 1.165) is 0 Å². The van der Waals surface area contributed by atoms with E-state index in [1.807, 2.05) is 34.6 Å². The Balaban J connectivity index is 2.83. The van der Waals surface area contributed by atoms with Crippen molar-refractivity contribution in [2.45, 2.75) is 123 Å². The first kappa shape index (κ1) is 42.9. The minimum Gasteiger partial charge on any atom is -0.407 e. The minimum absolute atomic E-state index is 0.0246. The topological polar surface area (TPSA) is 135 Å². The highest BCUT2D eigenvalue weighted by Crippen LogP contribution is 2.56. The number of hydrogen-bond donors (Lipinski definition) is 1. The van der Waals surface area contributed by atoms with Crippen molar-refractivity contribution < 1.29 is 32.2 Å². The van der Waals surface area contributed by atoms with Crippen molar-refractivity contribution in [3.63, 3.8) is 0 Å². The molecule has 1 aliphatic rings. The van der Waals surface area contributed by atoms with Gasteiger partial charge in [0.05, 0.1) is 19.3 Å². The molecule has 1 aromatic heterocycles. The van der Waals surface area contributed by atoms with Crippen LogP contribution in [0.1, 0.15) is 67.2 Å². The highest BCUT2D eigenvalue weighted by Gasteiger charge is 2.55. The van der Waals surface area contributed by atoms with E-state index in [1.54, 1.807) is 27.4 Å². The van der Waals surface area contributed by atoms with Gasteiger partial charge in [0.25, 0.3) is 14.1 Å². The maximum atomic E-state index is 14.1. The maximum Gasteiger partial charge on any atom is 0.330 e. The zero-order chi connectivity index (χ0) is 36.8. The smallest absolute Gasteiger partial charge is 0.330 e. The Bertz CT molecular complexity index is 1380. The van der Waals surface area contributed by atoms with Gasteiger partial charge in [0.15, 0.2) is 14.5 Å². The summed E-state index contributed by atoms with van der Waals surface area (Å²) < 4.78 is 56.3. The van der Waals surface area contributed by atoms with Crippen LogP contribution in [0.2, 0.25) is 18.1 Å². The van der Waals surface area contributed by atoms with Crippen LogP contribution in [0.4, 0.5) is 0 Å². The predicted molar refractivity (Wildman–Crippen MR) is 194 cm³/mol. The fraction of sp³-hybridized carbons (Fsp3) is 0.844. The summed E-state index contributed by atoms with van der Waals surface area (Å²) >= 11 is 0. The number of nitrogens with one attached hydrogen (secondary N) is 1. The number of aromatic nitrogens is 2. The van der Waals surface area contributed by atoms with E-state index in [0.29, 0.717) is 5.56 Å². The van der Waals surface area contributed by atoms with Crippen LogP contribution >= 0.6 is 15.7 Å². The Kier molecular flexibility index (Phi) is 15.9. The number of H-pyrrole nitrogens is 1. The standard InChI is InChI=1S/C32H60N4O9P2Si/c1-21(2)36(22(3)4)46(42-17-16-33-10)44-26-25(24(6)30(47(12,13)39)45-48(14,15)32(7,8)9)43-29(27(26)41-19-18-40-11)35-20-23(5)28(37)34-31(35)38/h20-22,24-27,29-30H,16-19H2,1-9,11-15H3,(H,34,37,38)/t24-,25-,26-,27-,29-,30+,46?/m1/s1. The number of aryl methyl sites for hydroxylation is 1. The molecule has 0 saturated carbocycles. The first-order valence-electron chi connectivity index (χ1n) is 16.6. The summed E-state index contributed by atoms with van der Waals surface area (Å²) in [5, 5.41) is -0.151. The molecular formula is C32H60N4O9P2Si. The van der Waals surface area contributed by atoms with E-state index < -0.39 is 71.5 Å². The number of hydrogen-bond acceptors (Lipinski definition) is 10. The predicted octanol–water partition coefficient (Wildman–Crippen LogP) is 6.05. The molecule has 1 aliphatic heterocycles. The molecule has 2 heterocycles. The van der Waals surface area contributed by atoms with Gasteiger partial charge in [-0.25, -0.2) is 16.0 Å². The molecule has 276 valence electrons. The molecule has 48 heavy (non-hydrogen) atoms. The van der Waals surface area contributed by atoms with Crippen molar-refractivity contribution >= 4 is 24.0 Å². The van der Waals surface area contributed by atoms with Crippen LogP contribution in [0, 0.1) is 19.4 Å². The second-order valence-corrected chi connectivity index (χ2v) is 24.5. The molecule has 16 heteroatoms. The van der Waals surface area contributed by atoms with E-state index >= 15 is 0 Å². The van der Waals surface area contributed by atoms with Gasteiger partial charge in [-0.3, -0.25) is 14.3 Å². The van der Waals surface area contributed by atoms with E-state index in [-0.39, 0.29) is 43.5 Å². The Morgan fingerprint density at radius 2 is 1.71 bits per heavy atom. The van der Waals surface area contributed by atoms with Crippen LogP contribution in [0.3, 0.4) is 0 Å². The van der Waals surface area contributed by atoms with Gasteiger partial charge in [0.2, 0.25) is 6.54 Å². The van der Waals surface area contributed by atoms with Gasteiger partial charge < -0.3 is 37.1 Å². The lowest BCUT2D eigenvalue weighted by molar-refractivity contribution is -0.0848. The van der Waals surface area contributed by atoms with Gasteiger partial charge in [0, 0.05) is 36.9 Å². The van der Waals surface area contributed by atoms with Crippen molar-refractivity contribution in [3.8, 4) is 0 Å². The number of ether oxygens (including phenoxy) is 3. The summed E-state index contributed by atoms with van der Waals surface area (Å²) in [7, 11) is -5.55. The van der Waals surface area contributed by atoms with Gasteiger partial charge in [-0.2, -0.15) is 0 Å². The summed E-state index contributed by atoms with van der Waals surface area (Å²) in [4.78, 5) is 31.5. The summed E-state index contributed by atoms with van der Waals surface area (Å²) in [6.07, 6.45) is -2.04. The lowest BCUT2D eigenvalue weighted by Crippen LogP contribution is -2.49. The molecule has 2 rings (SSSR count). The number of aromatic amines is 1. The van der Waals surface area contributed by atoms with Crippen LogP contribution < -0.4 is 11.2 Å². The Labute approximate surface area is 289 Å². The normalized spacial score (nSPS) is 22.8. The second-order valence-electron chi connectivity index (χ2n) is 15.0. The molecule has 1 N–H and O–H groups in total. The molecule has 1 unspecified atom stereocenters. The molecule has 0 radical (unpaired) electrons. The molecule has 1 fully saturated rings. The first-order chi connectivity index (χ1) is 22.1. The summed E-state index contributed by atoms with van der Waals surface area (Å²) in [5.41, 5.74) is -0.829. The Hall–Kier alpha value is -1.23. The molecule has 1 saturated heterocycles. The largest absolute Gasteiger partial charge is 0.407 e. The average Bonchev–Trinajstić information content (AvgIpc) is 3.29. The highest BCUT2D eigenvalue weighted by atomic mass is 31.2. The summed E-state index contributed by atoms with van der Waals surface area (Å²) in [6, 6.07) is 0.0491. The van der Waals surface area contributed by atoms with Crippen LogP contribution in [0.25, 0.3) is 4.85 Å². The third kappa shape index (κ3) is 10.9. The Morgan fingerprint density at radius 3 is 2.21 bits per heavy atom. The van der Waals surface area contributed by atoms with Crippen LogP contribution in [0.5, 0.6) is 0 Å². The van der Waals surface area contributed by atoms with Crippen molar-refractivity contribution in [2.75, 3.05) is 46.8 Å². The quantitative estimate of drug-likeness (QED) is 0.0823. The fourth-order valence-electron chi connectivity index (χ4n) is 5.49. The molecule has 7 atom stereocenters. The summed E-state index contributed by atoms with van der Waals surface area (Å²) in [5.74, 6) is -1.18. The van der Waals surface area contributed by atoms with Crippen molar-refractivity contribution in [3.05, 3.63) is 44.0 Å². The van der Waals surface area contributed by atoms with Crippen molar-refractivity contribution in [1.29, 1.82) is 0 Å². The van der Waals surface area contributed by atoms with Crippen LogP contribution in [0.15, 0.2) is 15.8 Å². The molecular weight excluding hydrogens is 674 g/mol. The first-order valence-corrected chi connectivity index (χ1v) is 23.3. The number of methoxy groups -OCH3 is 1. The molecule has 0 aliphatic carbocycles. The average molecular weight is 735 g/mol. The zero-order valence-corrected chi connectivity index (χ0v) is 34.2. The van der Waals surface area contributed by atoms with Gasteiger partial charge in [-0.05, 0) is 66.1 Å². The third-order valence-electron chi connectivity index (χ3n) is 8.91. The van der Waals surface area contributed by atoms with Crippen LogP contribution in [-0.2, 0) is 32.2 Å². The molecule has 0 amide bonds. The van der Waals surface area contributed by atoms with E-state index in [2.05, 4.69) is 48.4 Å². The minimum atomic E-state index is -2.91. The van der Waals surface area contributed by atoms with Gasteiger partial charge in [-0.1, -0.05) is 27.7 Å². The lowest BCUT2D eigenvalue weighted by Gasteiger charge is -2.44. The third-order valence-corrected chi connectivity index (χ3v) is 17.5. The van der Waals surface area contributed by atoms with Gasteiger partial charge in [-0.15, -0.1) is 0 Å². The Morgan fingerprint density at radius 1 is 1.10 bits per heavy atom. The van der Waals surface area contributed by atoms with E-state index in [1.165, 1.54) is 10.8 Å². The molecule has 13 nitrogen and oxygen atoms in total. The molecule has 1 aromatic rings. The van der Waals surface area contributed by atoms with Crippen LogP contribution in [-0.4, -0.2) is 106 Å². The number of nitrogens with zero attached hydrogens (tertiary/aromatic N) is 3. The molecule has 0 bridgehead atoms. The van der Waals surface area contributed by atoms with Crippen molar-refractivity contribution in [1.82, 2.24) is 14.2 Å². The van der Waals surface area contributed by atoms with Crippen molar-refractivity contribution in [2.24, 2.45) is 5.92 Å². The van der Waals surface area contributed by atoms with E-state index in [9.17, 15) is 14.2 Å². The molecule has 0 spiro atoms. The SMILES string of the molecule is [C-]#[N+]CCOP(O[C@@H]1[C@@H]([C@@H](C)[C@@H](O[Si](C)(C)C(C)(C)C)P(C)(C)=O)O[C@@H](n2cc(C)c(=O)[nH]c2=O)[C@@H]1OCCOC)N(C(C)C)C(C)C. The van der Waals surface area contributed by atoms with Gasteiger partial charge in [0.1, 0.15) is 31.8 Å². The fourth-order valence-corrected chi connectivity index (χ4v) is 11.5.